The van der Waals surface area contributed by atoms with Crippen molar-refractivity contribution in [2.75, 3.05) is 13.1 Å². The summed E-state index contributed by atoms with van der Waals surface area (Å²) in [7, 11) is 0. The number of rotatable bonds is 4. The first kappa shape index (κ1) is 16.8. The molecule has 0 saturated carbocycles. The van der Waals surface area contributed by atoms with Gasteiger partial charge in [-0.25, -0.2) is 4.98 Å². The van der Waals surface area contributed by atoms with Crippen LogP contribution in [0.3, 0.4) is 0 Å². The molecule has 5 nitrogen and oxygen atoms in total. The number of benzene rings is 1. The van der Waals surface area contributed by atoms with Crippen LogP contribution in [-0.2, 0) is 11.2 Å². The maximum absolute atomic E-state index is 12.7. The molecule has 3 aromatic rings. The predicted molar refractivity (Wildman–Crippen MR) is 101 cm³/mol. The highest BCUT2D eigenvalue weighted by atomic mass is 16.2. The fourth-order valence-electron chi connectivity index (χ4n) is 3.92. The molecule has 1 fully saturated rings. The van der Waals surface area contributed by atoms with Gasteiger partial charge in [-0.3, -0.25) is 14.2 Å². The Balaban J connectivity index is 1.47. The molecule has 1 aromatic carbocycles. The number of nitrogens with zero attached hydrogens (tertiary/aromatic N) is 4. The maximum Gasteiger partial charge on any atom is 0.222 e. The standard InChI is InChI=1S/C21H24N4O/c1-16-23-13-19-12-22-14-20(25(16)19)18-8-5-11-24(15-18)21(26)10-9-17-6-3-2-4-7-17/h2-4,6-7,12-14,18H,5,8-11,15H2,1H3. The maximum atomic E-state index is 12.7. The van der Waals surface area contributed by atoms with E-state index in [1.54, 1.807) is 0 Å². The zero-order chi connectivity index (χ0) is 17.9. The summed E-state index contributed by atoms with van der Waals surface area (Å²) in [5.41, 5.74) is 3.41. The van der Waals surface area contributed by atoms with Crippen molar-refractivity contribution in [1.82, 2.24) is 19.3 Å². The molecule has 0 spiro atoms. The third-order valence-corrected chi connectivity index (χ3v) is 5.30. The van der Waals surface area contributed by atoms with Crippen molar-refractivity contribution in [3.8, 4) is 0 Å². The van der Waals surface area contributed by atoms with Gasteiger partial charge in [0.25, 0.3) is 0 Å². The predicted octanol–water partition coefficient (Wildman–Crippen LogP) is 3.38. The largest absolute Gasteiger partial charge is 0.342 e. The van der Waals surface area contributed by atoms with E-state index in [9.17, 15) is 4.79 Å². The van der Waals surface area contributed by atoms with Gasteiger partial charge in [-0.05, 0) is 31.7 Å². The van der Waals surface area contributed by atoms with Crippen LogP contribution < -0.4 is 0 Å². The molecule has 4 rings (SSSR count). The number of imidazole rings is 1. The van der Waals surface area contributed by atoms with E-state index < -0.39 is 0 Å². The van der Waals surface area contributed by atoms with E-state index in [0.717, 1.165) is 49.4 Å². The molecule has 26 heavy (non-hydrogen) atoms. The second kappa shape index (κ2) is 7.28. The van der Waals surface area contributed by atoms with E-state index in [-0.39, 0.29) is 5.91 Å². The molecule has 1 atom stereocenters. The van der Waals surface area contributed by atoms with Gasteiger partial charge in [-0.1, -0.05) is 30.3 Å². The molecule has 0 N–H and O–H groups in total. The molecule has 0 bridgehead atoms. The summed E-state index contributed by atoms with van der Waals surface area (Å²) in [6.07, 6.45) is 9.13. The number of hydrogen-bond acceptors (Lipinski definition) is 3. The van der Waals surface area contributed by atoms with Crippen LogP contribution in [-0.4, -0.2) is 38.3 Å². The minimum Gasteiger partial charge on any atom is -0.342 e. The first-order chi connectivity index (χ1) is 12.7. The second-order valence-corrected chi connectivity index (χ2v) is 7.06. The van der Waals surface area contributed by atoms with Crippen LogP contribution in [0.25, 0.3) is 5.52 Å². The van der Waals surface area contributed by atoms with Crippen molar-refractivity contribution in [1.29, 1.82) is 0 Å². The molecule has 0 aliphatic carbocycles. The number of carbonyl (C=O) groups excluding carboxylic acids is 1. The number of amides is 1. The zero-order valence-corrected chi connectivity index (χ0v) is 15.1. The molecule has 3 heterocycles. The number of likely N-dealkylation sites (tertiary alicyclic amines) is 1. The van der Waals surface area contributed by atoms with Crippen molar-refractivity contribution in [2.45, 2.75) is 38.5 Å². The molecule has 134 valence electrons. The molecule has 1 unspecified atom stereocenters. The van der Waals surface area contributed by atoms with Gasteiger partial charge in [0.1, 0.15) is 5.82 Å². The van der Waals surface area contributed by atoms with Crippen molar-refractivity contribution in [3.05, 3.63) is 66.0 Å². The number of aromatic nitrogens is 3. The van der Waals surface area contributed by atoms with Gasteiger partial charge in [-0.15, -0.1) is 0 Å². The summed E-state index contributed by atoms with van der Waals surface area (Å²) in [5, 5.41) is 0. The lowest BCUT2D eigenvalue weighted by Gasteiger charge is -2.33. The monoisotopic (exact) mass is 348 g/mol. The molecular formula is C21H24N4O. The summed E-state index contributed by atoms with van der Waals surface area (Å²) >= 11 is 0. The van der Waals surface area contributed by atoms with Gasteiger partial charge in [-0.2, -0.15) is 0 Å². The van der Waals surface area contributed by atoms with Crippen molar-refractivity contribution >= 4 is 11.4 Å². The normalized spacial score (nSPS) is 17.6. The first-order valence-electron chi connectivity index (χ1n) is 9.32. The van der Waals surface area contributed by atoms with E-state index in [4.69, 9.17) is 0 Å². The van der Waals surface area contributed by atoms with E-state index >= 15 is 0 Å². The Hall–Kier alpha value is -2.69. The lowest BCUT2D eigenvalue weighted by Crippen LogP contribution is -2.39. The van der Waals surface area contributed by atoms with Crippen molar-refractivity contribution in [2.24, 2.45) is 0 Å². The molecule has 2 aromatic heterocycles. The highest BCUT2D eigenvalue weighted by molar-refractivity contribution is 5.76. The van der Waals surface area contributed by atoms with Crippen LogP contribution in [0.2, 0.25) is 0 Å². The fraction of sp³-hybridized carbons (Fsp3) is 0.381. The zero-order valence-electron chi connectivity index (χ0n) is 15.1. The van der Waals surface area contributed by atoms with Gasteiger partial charge in [0, 0.05) is 37.3 Å². The Kier molecular flexibility index (Phi) is 4.69. The van der Waals surface area contributed by atoms with Gasteiger partial charge >= 0.3 is 0 Å². The van der Waals surface area contributed by atoms with Crippen LogP contribution in [0.5, 0.6) is 0 Å². The fourth-order valence-corrected chi connectivity index (χ4v) is 3.92. The molecular weight excluding hydrogens is 324 g/mol. The van der Waals surface area contributed by atoms with Crippen LogP contribution in [0.4, 0.5) is 0 Å². The van der Waals surface area contributed by atoms with E-state index in [2.05, 4.69) is 26.5 Å². The summed E-state index contributed by atoms with van der Waals surface area (Å²) in [5.74, 6) is 1.54. The Morgan fingerprint density at radius 3 is 2.88 bits per heavy atom. The minimum absolute atomic E-state index is 0.251. The number of carbonyl (C=O) groups is 1. The Bertz CT molecular complexity index is 903. The van der Waals surface area contributed by atoms with Crippen molar-refractivity contribution in [3.63, 3.8) is 0 Å². The molecule has 1 aliphatic heterocycles. The average Bonchev–Trinajstić information content (AvgIpc) is 3.08. The lowest BCUT2D eigenvalue weighted by molar-refractivity contribution is -0.132. The molecule has 0 radical (unpaired) electrons. The lowest BCUT2D eigenvalue weighted by atomic mass is 9.94. The Labute approximate surface area is 153 Å². The Morgan fingerprint density at radius 1 is 1.19 bits per heavy atom. The summed E-state index contributed by atoms with van der Waals surface area (Å²) in [6.45, 7) is 3.64. The molecule has 5 heteroatoms. The van der Waals surface area contributed by atoms with Gasteiger partial charge in [0.2, 0.25) is 5.91 Å². The third kappa shape index (κ3) is 3.34. The minimum atomic E-state index is 0.251. The van der Waals surface area contributed by atoms with E-state index in [0.29, 0.717) is 12.3 Å². The van der Waals surface area contributed by atoms with Gasteiger partial charge in [0.15, 0.2) is 0 Å². The SMILES string of the molecule is Cc1ncc2cncc(C3CCCN(C(=O)CCc4ccccc4)C3)n12. The van der Waals surface area contributed by atoms with Crippen LogP contribution in [0.15, 0.2) is 48.9 Å². The third-order valence-electron chi connectivity index (χ3n) is 5.30. The number of piperidine rings is 1. The first-order valence-corrected chi connectivity index (χ1v) is 9.32. The van der Waals surface area contributed by atoms with Crippen LogP contribution >= 0.6 is 0 Å². The van der Waals surface area contributed by atoms with Gasteiger partial charge in [0.05, 0.1) is 17.9 Å². The quantitative estimate of drug-likeness (QED) is 0.726. The number of hydrogen-bond donors (Lipinski definition) is 0. The highest BCUT2D eigenvalue weighted by Crippen LogP contribution is 2.28. The summed E-state index contributed by atoms with van der Waals surface area (Å²) in [6, 6.07) is 10.2. The second-order valence-electron chi connectivity index (χ2n) is 7.06. The molecule has 1 amide bonds. The Morgan fingerprint density at radius 2 is 2.04 bits per heavy atom. The van der Waals surface area contributed by atoms with Crippen LogP contribution in [0.1, 0.15) is 42.3 Å². The van der Waals surface area contributed by atoms with E-state index in [1.807, 2.05) is 48.6 Å². The molecule has 1 saturated heterocycles. The average molecular weight is 348 g/mol. The summed E-state index contributed by atoms with van der Waals surface area (Å²) in [4.78, 5) is 23.5. The van der Waals surface area contributed by atoms with Crippen LogP contribution in [0, 0.1) is 6.92 Å². The van der Waals surface area contributed by atoms with Crippen molar-refractivity contribution < 1.29 is 4.79 Å². The smallest absolute Gasteiger partial charge is 0.222 e. The molecule has 1 aliphatic rings. The number of aryl methyl sites for hydroxylation is 2. The van der Waals surface area contributed by atoms with E-state index in [1.165, 1.54) is 5.56 Å². The summed E-state index contributed by atoms with van der Waals surface area (Å²) < 4.78 is 2.18. The topological polar surface area (TPSA) is 50.5 Å². The van der Waals surface area contributed by atoms with Gasteiger partial charge < -0.3 is 4.90 Å². The highest BCUT2D eigenvalue weighted by Gasteiger charge is 2.26. The number of fused-ring (bicyclic) bond motifs is 1.